The third kappa shape index (κ3) is 3.86. The number of halogens is 3. The predicted molar refractivity (Wildman–Crippen MR) is 71.7 cm³/mol. The molecule has 0 aliphatic carbocycles. The van der Waals surface area contributed by atoms with Gasteiger partial charge in [-0.05, 0) is 26.0 Å². The number of amides is 1. The molecule has 0 unspecified atom stereocenters. The first-order valence-electron chi connectivity index (χ1n) is 6.70. The highest BCUT2D eigenvalue weighted by molar-refractivity contribution is 5.75. The van der Waals surface area contributed by atoms with Crippen LogP contribution in [0, 0.1) is 6.92 Å². The molecule has 0 aliphatic heterocycles. The number of carbonyl (C=O) groups excluding carboxylic acids is 1. The van der Waals surface area contributed by atoms with Crippen LogP contribution >= 0.6 is 0 Å². The lowest BCUT2D eigenvalue weighted by atomic mass is 10.3. The van der Waals surface area contributed by atoms with E-state index >= 15 is 0 Å². The van der Waals surface area contributed by atoms with Crippen LogP contribution in [0.4, 0.5) is 13.2 Å². The minimum atomic E-state index is -4.51. The molecular formula is C13H16F3N5O. The van der Waals surface area contributed by atoms with E-state index in [1.165, 1.54) is 6.92 Å². The molecule has 22 heavy (non-hydrogen) atoms. The molecule has 1 amide bonds. The Balaban J connectivity index is 1.93. The summed E-state index contributed by atoms with van der Waals surface area (Å²) in [5.41, 5.74) is -0.0411. The molecular weight excluding hydrogens is 299 g/mol. The standard InChI is InChI=1S/C13H16F3N5O/c1-3-20-5-4-10(18-20)7-17-12(22)8-21-9(2)6-11(19-21)13(14,15)16/h4-6H,3,7-8H2,1-2H3,(H,17,22). The Labute approximate surface area is 124 Å². The fourth-order valence-electron chi connectivity index (χ4n) is 1.86. The first-order chi connectivity index (χ1) is 10.3. The van der Waals surface area contributed by atoms with Crippen molar-refractivity contribution >= 4 is 5.91 Å². The van der Waals surface area contributed by atoms with Crippen LogP contribution in [0.3, 0.4) is 0 Å². The van der Waals surface area contributed by atoms with E-state index in [4.69, 9.17) is 0 Å². The SMILES string of the molecule is CCn1ccc(CNC(=O)Cn2nc(C(F)(F)F)cc2C)n1. The maximum Gasteiger partial charge on any atom is 0.435 e. The number of aryl methyl sites for hydroxylation is 2. The van der Waals surface area contributed by atoms with Crippen molar-refractivity contribution < 1.29 is 18.0 Å². The molecule has 0 atom stereocenters. The summed E-state index contributed by atoms with van der Waals surface area (Å²) in [7, 11) is 0. The Morgan fingerprint density at radius 1 is 1.36 bits per heavy atom. The first-order valence-corrected chi connectivity index (χ1v) is 6.70. The Bertz CT molecular complexity index is 659. The minimum absolute atomic E-state index is 0.221. The summed E-state index contributed by atoms with van der Waals surface area (Å²) in [6, 6.07) is 2.68. The van der Waals surface area contributed by atoms with Crippen LogP contribution in [0.25, 0.3) is 0 Å². The topological polar surface area (TPSA) is 64.7 Å². The summed E-state index contributed by atoms with van der Waals surface area (Å²) in [4.78, 5) is 11.8. The van der Waals surface area contributed by atoms with Gasteiger partial charge < -0.3 is 5.32 Å². The molecule has 0 fully saturated rings. The summed E-state index contributed by atoms with van der Waals surface area (Å²) >= 11 is 0. The first kappa shape index (κ1) is 16.1. The number of rotatable bonds is 5. The van der Waals surface area contributed by atoms with Gasteiger partial charge in [0.1, 0.15) is 6.54 Å². The molecule has 0 spiro atoms. The molecule has 2 aromatic heterocycles. The van der Waals surface area contributed by atoms with Crippen LogP contribution in [0.1, 0.15) is 24.0 Å². The molecule has 120 valence electrons. The third-order valence-corrected chi connectivity index (χ3v) is 3.05. The summed E-state index contributed by atoms with van der Waals surface area (Å²) < 4.78 is 40.4. The van der Waals surface area contributed by atoms with Crippen molar-refractivity contribution in [1.29, 1.82) is 0 Å². The van der Waals surface area contributed by atoms with E-state index in [1.807, 2.05) is 6.92 Å². The number of carbonyl (C=O) groups is 1. The zero-order valence-electron chi connectivity index (χ0n) is 12.2. The highest BCUT2D eigenvalue weighted by Gasteiger charge is 2.34. The number of alkyl halides is 3. The summed E-state index contributed by atoms with van der Waals surface area (Å²) in [5.74, 6) is -0.425. The fraction of sp³-hybridized carbons (Fsp3) is 0.462. The zero-order valence-corrected chi connectivity index (χ0v) is 12.2. The van der Waals surface area contributed by atoms with Gasteiger partial charge in [0.05, 0.1) is 12.2 Å². The summed E-state index contributed by atoms with van der Waals surface area (Å²) in [6.07, 6.45) is -2.73. The largest absolute Gasteiger partial charge is 0.435 e. The van der Waals surface area contributed by atoms with Crippen molar-refractivity contribution in [1.82, 2.24) is 24.9 Å². The lowest BCUT2D eigenvalue weighted by molar-refractivity contribution is -0.141. The van der Waals surface area contributed by atoms with Crippen LogP contribution in [-0.2, 0) is 30.6 Å². The van der Waals surface area contributed by atoms with E-state index < -0.39 is 17.8 Å². The van der Waals surface area contributed by atoms with Crippen molar-refractivity contribution in [2.45, 2.75) is 39.7 Å². The summed E-state index contributed by atoms with van der Waals surface area (Å²) in [5, 5.41) is 10.2. The molecule has 0 aliphatic rings. The van der Waals surface area contributed by atoms with Crippen molar-refractivity contribution in [3.05, 3.63) is 35.4 Å². The van der Waals surface area contributed by atoms with Gasteiger partial charge in [-0.1, -0.05) is 0 Å². The van der Waals surface area contributed by atoms with Crippen molar-refractivity contribution in [2.24, 2.45) is 0 Å². The molecule has 1 N–H and O–H groups in total. The van der Waals surface area contributed by atoms with Gasteiger partial charge in [-0.3, -0.25) is 14.2 Å². The average Bonchev–Trinajstić information content (AvgIpc) is 3.03. The lowest BCUT2D eigenvalue weighted by Crippen LogP contribution is -2.28. The van der Waals surface area contributed by atoms with Gasteiger partial charge in [-0.15, -0.1) is 0 Å². The van der Waals surface area contributed by atoms with E-state index in [9.17, 15) is 18.0 Å². The van der Waals surface area contributed by atoms with Crippen molar-refractivity contribution in [3.8, 4) is 0 Å². The lowest BCUT2D eigenvalue weighted by Gasteiger charge is -2.06. The van der Waals surface area contributed by atoms with E-state index in [2.05, 4.69) is 15.5 Å². The second-order valence-electron chi connectivity index (χ2n) is 4.77. The van der Waals surface area contributed by atoms with Gasteiger partial charge in [-0.2, -0.15) is 23.4 Å². The van der Waals surface area contributed by atoms with Crippen LogP contribution in [-0.4, -0.2) is 25.5 Å². The maximum atomic E-state index is 12.5. The van der Waals surface area contributed by atoms with Crippen LogP contribution in [0.15, 0.2) is 18.3 Å². The van der Waals surface area contributed by atoms with Crippen LogP contribution in [0.5, 0.6) is 0 Å². The highest BCUT2D eigenvalue weighted by Crippen LogP contribution is 2.28. The number of hydrogen-bond acceptors (Lipinski definition) is 3. The molecule has 0 saturated carbocycles. The second kappa shape index (κ2) is 6.20. The third-order valence-electron chi connectivity index (χ3n) is 3.05. The smallest absolute Gasteiger partial charge is 0.349 e. The molecule has 0 radical (unpaired) electrons. The molecule has 2 rings (SSSR count). The van der Waals surface area contributed by atoms with Crippen molar-refractivity contribution in [2.75, 3.05) is 0 Å². The minimum Gasteiger partial charge on any atom is -0.349 e. The highest BCUT2D eigenvalue weighted by atomic mass is 19.4. The Morgan fingerprint density at radius 2 is 2.09 bits per heavy atom. The van der Waals surface area contributed by atoms with Gasteiger partial charge in [0.15, 0.2) is 5.69 Å². The molecule has 9 heteroatoms. The number of aromatic nitrogens is 4. The van der Waals surface area contributed by atoms with Crippen LogP contribution in [0.2, 0.25) is 0 Å². The van der Waals surface area contributed by atoms with Gasteiger partial charge >= 0.3 is 6.18 Å². The second-order valence-corrected chi connectivity index (χ2v) is 4.77. The molecule has 0 saturated heterocycles. The fourth-order valence-corrected chi connectivity index (χ4v) is 1.86. The quantitative estimate of drug-likeness (QED) is 0.914. The Hall–Kier alpha value is -2.32. The zero-order chi connectivity index (χ0) is 16.3. The molecule has 0 aromatic carbocycles. The number of hydrogen-bond donors (Lipinski definition) is 1. The van der Waals surface area contributed by atoms with Gasteiger partial charge in [0.2, 0.25) is 5.91 Å². The molecule has 2 aromatic rings. The Morgan fingerprint density at radius 3 is 2.64 bits per heavy atom. The number of nitrogens with one attached hydrogen (secondary N) is 1. The predicted octanol–water partition coefficient (Wildman–Crippen LogP) is 1.74. The normalized spacial score (nSPS) is 11.7. The van der Waals surface area contributed by atoms with E-state index in [1.54, 1.807) is 16.9 Å². The monoisotopic (exact) mass is 315 g/mol. The summed E-state index contributed by atoms with van der Waals surface area (Å²) in [6.45, 7) is 4.09. The molecule has 2 heterocycles. The average molecular weight is 315 g/mol. The number of nitrogens with zero attached hydrogens (tertiary/aromatic N) is 4. The molecule has 0 bridgehead atoms. The van der Waals surface area contributed by atoms with Crippen molar-refractivity contribution in [3.63, 3.8) is 0 Å². The van der Waals surface area contributed by atoms with Gasteiger partial charge in [0.25, 0.3) is 0 Å². The van der Waals surface area contributed by atoms with E-state index in [0.717, 1.165) is 17.3 Å². The Kier molecular flexibility index (Phi) is 4.53. The van der Waals surface area contributed by atoms with Gasteiger partial charge in [-0.25, -0.2) is 0 Å². The van der Waals surface area contributed by atoms with E-state index in [0.29, 0.717) is 5.69 Å². The molecule has 6 nitrogen and oxygen atoms in total. The van der Waals surface area contributed by atoms with E-state index in [-0.39, 0.29) is 18.8 Å². The maximum absolute atomic E-state index is 12.5. The van der Waals surface area contributed by atoms with Gasteiger partial charge in [0, 0.05) is 18.4 Å². The van der Waals surface area contributed by atoms with Crippen LogP contribution < -0.4 is 5.32 Å².